The number of rotatable bonds is 14. The Morgan fingerprint density at radius 2 is 1.53 bits per heavy atom. The molecule has 0 unspecified atom stereocenters. The molecule has 0 N–H and O–H groups in total. The van der Waals surface area contributed by atoms with E-state index in [0.29, 0.717) is 10.7 Å². The van der Waals surface area contributed by atoms with Gasteiger partial charge in [-0.2, -0.15) is 0 Å². The van der Waals surface area contributed by atoms with E-state index < -0.39 is 18.4 Å². The van der Waals surface area contributed by atoms with Crippen molar-refractivity contribution in [1.82, 2.24) is 9.88 Å². The Morgan fingerprint density at radius 1 is 0.921 bits per heavy atom. The number of fused-ring (bicyclic) bond motifs is 1. The zero-order chi connectivity index (χ0) is 27.7. The number of nitrogens with zero attached hydrogens (tertiary/aromatic N) is 2. The predicted octanol–water partition coefficient (Wildman–Crippen LogP) is 9.48. The number of unbranched alkanes of at least 4 members (excludes halogenated alkanes) is 3. The van der Waals surface area contributed by atoms with E-state index in [1.165, 1.54) is 51.8 Å². The summed E-state index contributed by atoms with van der Waals surface area (Å²) in [5.41, 5.74) is 2.30. The van der Waals surface area contributed by atoms with Crippen LogP contribution in [0.4, 0.5) is 0 Å². The number of hydrogen-bond acceptors (Lipinski definition) is 2. The molecule has 0 saturated heterocycles. The van der Waals surface area contributed by atoms with Crippen molar-refractivity contribution in [1.29, 1.82) is 0 Å². The van der Waals surface area contributed by atoms with Gasteiger partial charge in [-0.1, -0.05) is 0 Å². The van der Waals surface area contributed by atoms with E-state index in [1.54, 1.807) is 8.48 Å². The minimum atomic E-state index is -2.68. The van der Waals surface area contributed by atoms with Gasteiger partial charge in [0.2, 0.25) is 0 Å². The number of hydrogen-bond donors (Lipinski definition) is 0. The number of halogens is 1. The molecule has 1 aromatic heterocycles. The molecule has 0 aliphatic rings. The van der Waals surface area contributed by atoms with E-state index in [0.717, 1.165) is 28.5 Å². The molecule has 1 amide bonds. The third kappa shape index (κ3) is 7.13. The van der Waals surface area contributed by atoms with Crippen LogP contribution in [-0.2, 0) is 0 Å². The molecule has 5 heteroatoms. The second kappa shape index (κ2) is 14.7. The van der Waals surface area contributed by atoms with Crippen molar-refractivity contribution >= 4 is 50.2 Å². The number of pyridine rings is 1. The van der Waals surface area contributed by atoms with Crippen molar-refractivity contribution in [2.24, 2.45) is 0 Å². The Balaban J connectivity index is 2.22. The molecule has 0 radical (unpaired) electrons. The van der Waals surface area contributed by atoms with Crippen molar-refractivity contribution in [3.05, 3.63) is 59.2 Å². The third-order valence-corrected chi connectivity index (χ3v) is 24.3. The van der Waals surface area contributed by atoms with Crippen LogP contribution in [-0.4, -0.2) is 47.3 Å². The molecule has 3 aromatic rings. The second-order valence-electron chi connectivity index (χ2n) is 11.0. The Morgan fingerprint density at radius 3 is 2.11 bits per heavy atom. The van der Waals surface area contributed by atoms with Crippen molar-refractivity contribution in [2.45, 2.75) is 98.9 Å². The van der Waals surface area contributed by atoms with E-state index in [4.69, 9.17) is 16.6 Å². The zero-order valence-electron chi connectivity index (χ0n) is 24.4. The molecule has 0 fully saturated rings. The topological polar surface area (TPSA) is 33.2 Å². The van der Waals surface area contributed by atoms with Crippen LogP contribution in [0.15, 0.2) is 48.5 Å². The summed E-state index contributed by atoms with van der Waals surface area (Å²) in [6, 6.07) is 17.2. The molecule has 1 atom stereocenters. The van der Waals surface area contributed by atoms with Gasteiger partial charge in [0.05, 0.1) is 0 Å². The average Bonchev–Trinajstić information content (AvgIpc) is 2.95. The summed E-state index contributed by atoms with van der Waals surface area (Å²) in [6.07, 6.45) is 8.59. The van der Waals surface area contributed by atoms with Gasteiger partial charge in [0.1, 0.15) is 0 Å². The minimum absolute atomic E-state index is 0.0408. The molecule has 0 aliphatic heterocycles. The Kier molecular flexibility index (Phi) is 12.0. The molecule has 0 saturated carbocycles. The fourth-order valence-electron chi connectivity index (χ4n) is 5.56. The molecule has 2 aromatic carbocycles. The summed E-state index contributed by atoms with van der Waals surface area (Å²) in [4.78, 5) is 20.3. The first kappa shape index (κ1) is 30.9. The summed E-state index contributed by atoms with van der Waals surface area (Å²) < 4.78 is 5.78. The number of aromatic nitrogens is 1. The predicted molar refractivity (Wildman–Crippen MR) is 169 cm³/mol. The number of benzene rings is 2. The van der Waals surface area contributed by atoms with E-state index >= 15 is 0 Å². The van der Waals surface area contributed by atoms with Gasteiger partial charge in [-0.05, 0) is 0 Å². The fraction of sp³-hybridized carbons (Fsp3) is 0.515. The van der Waals surface area contributed by atoms with Gasteiger partial charge in [0.25, 0.3) is 0 Å². The SMILES string of the molecule is CCC[CH2][Sn]([CH2]CCC)([CH2]CCC)[c]1ccc(Cl)c(-c2nc(C(=O)N(C)[C@@H](C)CC)cc3ccccc23)c1. The fourth-order valence-corrected chi connectivity index (χ4v) is 21.7. The van der Waals surface area contributed by atoms with Crippen molar-refractivity contribution in [2.75, 3.05) is 7.05 Å². The van der Waals surface area contributed by atoms with Crippen LogP contribution < -0.4 is 3.58 Å². The summed E-state index contributed by atoms with van der Waals surface area (Å²) in [5.74, 6) is -0.0408. The first-order valence-electron chi connectivity index (χ1n) is 14.8. The Bertz CT molecular complexity index is 1190. The van der Waals surface area contributed by atoms with Gasteiger partial charge in [0, 0.05) is 0 Å². The molecule has 3 rings (SSSR count). The van der Waals surface area contributed by atoms with Crippen LogP contribution in [0.25, 0.3) is 22.0 Å². The maximum atomic E-state index is 13.5. The molecule has 38 heavy (non-hydrogen) atoms. The van der Waals surface area contributed by atoms with Crippen molar-refractivity contribution in [3.63, 3.8) is 0 Å². The van der Waals surface area contributed by atoms with Gasteiger partial charge in [0.15, 0.2) is 0 Å². The van der Waals surface area contributed by atoms with Gasteiger partial charge < -0.3 is 0 Å². The summed E-state index contributed by atoms with van der Waals surface area (Å²) >= 11 is 4.27. The van der Waals surface area contributed by atoms with Crippen molar-refractivity contribution < 1.29 is 4.79 Å². The summed E-state index contributed by atoms with van der Waals surface area (Å²) in [5, 5.41) is 2.79. The molecule has 206 valence electrons. The monoisotopic (exact) mass is 642 g/mol. The van der Waals surface area contributed by atoms with Gasteiger partial charge >= 0.3 is 241 Å². The number of carbonyl (C=O) groups is 1. The molecular formula is C33H47ClN2OSn. The summed E-state index contributed by atoms with van der Waals surface area (Å²) in [7, 11) is 1.87. The summed E-state index contributed by atoms with van der Waals surface area (Å²) in [6.45, 7) is 11.1. The first-order chi connectivity index (χ1) is 18.3. The van der Waals surface area contributed by atoms with E-state index in [1.807, 2.05) is 25.2 Å². The molecule has 0 spiro atoms. The molecule has 0 bridgehead atoms. The number of carbonyl (C=O) groups excluding carboxylic acids is 1. The third-order valence-electron chi connectivity index (χ3n) is 8.39. The van der Waals surface area contributed by atoms with Crippen LogP contribution in [0.3, 0.4) is 0 Å². The number of amides is 1. The van der Waals surface area contributed by atoms with Crippen LogP contribution in [0.2, 0.25) is 18.3 Å². The average molecular weight is 642 g/mol. The van der Waals surface area contributed by atoms with Gasteiger partial charge in [-0.15, -0.1) is 0 Å². The van der Waals surface area contributed by atoms with Gasteiger partial charge in [-0.25, -0.2) is 0 Å². The maximum absolute atomic E-state index is 13.5. The molecule has 1 heterocycles. The molecule has 3 nitrogen and oxygen atoms in total. The van der Waals surface area contributed by atoms with Gasteiger partial charge in [-0.3, -0.25) is 0 Å². The quantitative estimate of drug-likeness (QED) is 0.164. The van der Waals surface area contributed by atoms with Crippen LogP contribution in [0.1, 0.15) is 90.1 Å². The zero-order valence-corrected chi connectivity index (χ0v) is 28.1. The van der Waals surface area contributed by atoms with E-state index in [2.05, 4.69) is 65.0 Å². The van der Waals surface area contributed by atoms with Crippen LogP contribution in [0.5, 0.6) is 0 Å². The van der Waals surface area contributed by atoms with Crippen LogP contribution >= 0.6 is 11.6 Å². The normalized spacial score (nSPS) is 12.6. The van der Waals surface area contributed by atoms with E-state index in [9.17, 15) is 4.79 Å². The molecule has 0 aliphatic carbocycles. The van der Waals surface area contributed by atoms with Crippen LogP contribution in [0, 0.1) is 0 Å². The van der Waals surface area contributed by atoms with Crippen molar-refractivity contribution in [3.8, 4) is 11.3 Å². The first-order valence-corrected chi connectivity index (χ1v) is 22.6. The Labute approximate surface area is 240 Å². The Hall–Kier alpha value is -1.59. The second-order valence-corrected chi connectivity index (χ2v) is 24.7. The molecular weight excluding hydrogens is 595 g/mol. The van der Waals surface area contributed by atoms with E-state index in [-0.39, 0.29) is 11.9 Å². The standard InChI is InChI=1S/C21H20ClN2O.3C4H9.Sn/c1-4-14(2)24(3)21(25)19-13-15-9-5-6-10-16(15)20(23-19)17-11-7-8-12-18(17)22;3*1-3-4-2;/h5-6,8-14H,4H2,1-3H3;3*1,3-4H2,2H3;/t14-;;;;/m0..../s1.